The molecule has 15 heavy (non-hydrogen) atoms. The minimum atomic E-state index is -0.549. The Kier molecular flexibility index (Phi) is 4.49. The predicted molar refractivity (Wildman–Crippen MR) is 66.7 cm³/mol. The second kappa shape index (κ2) is 5.23. The molecule has 5 heteroatoms. The van der Waals surface area contributed by atoms with Crippen LogP contribution in [0.1, 0.15) is 27.7 Å². The lowest BCUT2D eigenvalue weighted by Gasteiger charge is -2.08. The van der Waals surface area contributed by atoms with E-state index in [9.17, 15) is 9.59 Å². The zero-order valence-corrected chi connectivity index (χ0v) is 11.7. The molecule has 1 rings (SSSR count). The number of alkyl halides is 1. The van der Waals surface area contributed by atoms with Crippen molar-refractivity contribution in [3.63, 3.8) is 0 Å². The fourth-order valence-corrected chi connectivity index (χ4v) is 2.07. The van der Waals surface area contributed by atoms with Gasteiger partial charge in [-0.15, -0.1) is 0 Å². The minimum Gasteiger partial charge on any atom is -0.298 e. The molecule has 1 aromatic rings. The van der Waals surface area contributed by atoms with Gasteiger partial charge in [0.05, 0.1) is 4.83 Å². The van der Waals surface area contributed by atoms with Crippen molar-refractivity contribution in [1.29, 1.82) is 0 Å². The fraction of sp³-hybridized carbons (Fsp3) is 0.200. The quantitative estimate of drug-likeness (QED) is 0.610. The summed E-state index contributed by atoms with van der Waals surface area (Å²) in [5.41, 5.74) is 1.08. The maximum Gasteiger partial charge on any atom is 0.253 e. The van der Waals surface area contributed by atoms with Gasteiger partial charge in [0, 0.05) is 10.0 Å². The highest BCUT2D eigenvalue weighted by molar-refractivity contribution is 9.10. The number of Topliss-reactive ketones (excluding diaryl/α,β-unsaturated/α-hetero) is 1. The van der Waals surface area contributed by atoms with E-state index in [0.717, 1.165) is 5.56 Å². The molecule has 1 atom stereocenters. The normalized spacial score (nSPS) is 12.3. The fourth-order valence-electron chi connectivity index (χ4n) is 1.09. The third-order valence-corrected chi connectivity index (χ3v) is 3.92. The molecule has 0 N–H and O–H groups in total. The molecule has 80 valence electrons. The molecule has 0 aliphatic heterocycles. The van der Waals surface area contributed by atoms with Crippen molar-refractivity contribution in [2.45, 2.75) is 11.8 Å². The van der Waals surface area contributed by atoms with Gasteiger partial charge in [0.1, 0.15) is 5.78 Å². The number of hydrogen-bond donors (Lipinski definition) is 0. The lowest BCUT2D eigenvalue weighted by molar-refractivity contribution is -0.116. The first-order valence-electron chi connectivity index (χ1n) is 4.07. The Bertz CT molecular complexity index is 418. The van der Waals surface area contributed by atoms with Crippen LogP contribution in [0, 0.1) is 0 Å². The van der Waals surface area contributed by atoms with Gasteiger partial charge in [-0.2, -0.15) is 0 Å². The summed E-state index contributed by atoms with van der Waals surface area (Å²) in [6.45, 7) is 1.48. The van der Waals surface area contributed by atoms with E-state index in [1.165, 1.54) is 6.92 Å². The molecule has 0 saturated heterocycles. The van der Waals surface area contributed by atoms with Crippen molar-refractivity contribution >= 4 is 54.5 Å². The number of ketones is 1. The molecule has 0 saturated carbocycles. The van der Waals surface area contributed by atoms with Crippen LogP contribution in [-0.4, -0.2) is 11.0 Å². The number of carbonyl (C=O) groups excluding carboxylic acids is 2. The van der Waals surface area contributed by atoms with Gasteiger partial charge in [-0.3, -0.25) is 9.59 Å². The summed E-state index contributed by atoms with van der Waals surface area (Å²) in [4.78, 5) is 21.8. The van der Waals surface area contributed by atoms with Crippen molar-refractivity contribution in [2.75, 3.05) is 0 Å². The van der Waals surface area contributed by atoms with Crippen molar-refractivity contribution in [1.82, 2.24) is 0 Å². The van der Waals surface area contributed by atoms with Crippen molar-refractivity contribution in [3.05, 3.63) is 33.8 Å². The second-order valence-electron chi connectivity index (χ2n) is 2.99. The van der Waals surface area contributed by atoms with Crippen molar-refractivity contribution in [3.8, 4) is 0 Å². The van der Waals surface area contributed by atoms with Crippen LogP contribution in [-0.2, 0) is 4.79 Å². The van der Waals surface area contributed by atoms with E-state index in [4.69, 9.17) is 11.6 Å². The number of rotatable bonds is 3. The Morgan fingerprint density at radius 2 is 2.00 bits per heavy atom. The van der Waals surface area contributed by atoms with Gasteiger partial charge in [0.25, 0.3) is 5.24 Å². The molecular formula is C10H7Br2ClO2. The predicted octanol–water partition coefficient (Wildman–Crippen LogP) is 3.85. The van der Waals surface area contributed by atoms with Crippen LogP contribution in [0.2, 0.25) is 0 Å². The molecule has 0 radical (unpaired) electrons. The zero-order valence-electron chi connectivity index (χ0n) is 7.76. The molecule has 0 aliphatic rings. The first-order valence-corrected chi connectivity index (χ1v) is 6.16. The molecule has 1 unspecified atom stereocenters. The highest BCUT2D eigenvalue weighted by Gasteiger charge is 2.15. The van der Waals surface area contributed by atoms with E-state index in [0.29, 0.717) is 10.0 Å². The highest BCUT2D eigenvalue weighted by Crippen LogP contribution is 2.28. The standard InChI is InChI=1S/C10H7Br2ClO2/c1-5(14)9(12)6-2-3-8(11)7(4-6)10(13)15/h2-4,9H,1H3. The Labute approximate surface area is 109 Å². The molecule has 0 fully saturated rings. The largest absolute Gasteiger partial charge is 0.298 e. The molecule has 0 aromatic heterocycles. The lowest BCUT2D eigenvalue weighted by atomic mass is 10.1. The zero-order chi connectivity index (χ0) is 11.6. The molecule has 0 spiro atoms. The smallest absolute Gasteiger partial charge is 0.253 e. The molecular weight excluding hydrogens is 347 g/mol. The summed E-state index contributed by atoms with van der Waals surface area (Å²) >= 11 is 11.8. The van der Waals surface area contributed by atoms with Gasteiger partial charge < -0.3 is 0 Å². The van der Waals surface area contributed by atoms with Gasteiger partial charge >= 0.3 is 0 Å². The second-order valence-corrected chi connectivity index (χ2v) is 5.10. The monoisotopic (exact) mass is 352 g/mol. The minimum absolute atomic E-state index is 0.0229. The summed E-state index contributed by atoms with van der Waals surface area (Å²) in [6.07, 6.45) is 0. The molecule has 0 amide bonds. The third kappa shape index (κ3) is 3.13. The number of benzene rings is 1. The molecule has 1 aromatic carbocycles. The van der Waals surface area contributed by atoms with Gasteiger partial charge in [-0.05, 0) is 52.2 Å². The SMILES string of the molecule is CC(=O)C(Br)c1ccc(Br)c(C(=O)Cl)c1. The van der Waals surface area contributed by atoms with Crippen molar-refractivity contribution in [2.24, 2.45) is 0 Å². The van der Waals surface area contributed by atoms with Gasteiger partial charge in [0.15, 0.2) is 0 Å². The summed E-state index contributed by atoms with van der Waals surface area (Å²) < 4.78 is 0.620. The Hall–Kier alpha value is -0.190. The molecule has 0 heterocycles. The number of hydrogen-bond acceptors (Lipinski definition) is 2. The van der Waals surface area contributed by atoms with E-state index in [2.05, 4.69) is 31.9 Å². The first kappa shape index (κ1) is 12.9. The average molecular weight is 354 g/mol. The van der Waals surface area contributed by atoms with Crippen LogP contribution in [0.15, 0.2) is 22.7 Å². The lowest BCUT2D eigenvalue weighted by Crippen LogP contribution is -2.02. The van der Waals surface area contributed by atoms with Crippen LogP contribution in [0.3, 0.4) is 0 Å². The van der Waals surface area contributed by atoms with Crippen molar-refractivity contribution < 1.29 is 9.59 Å². The molecule has 2 nitrogen and oxygen atoms in total. The highest BCUT2D eigenvalue weighted by atomic mass is 79.9. The first-order chi connectivity index (χ1) is 6.93. The van der Waals surface area contributed by atoms with Crippen LogP contribution >= 0.6 is 43.5 Å². The Morgan fingerprint density at radius 1 is 1.40 bits per heavy atom. The third-order valence-electron chi connectivity index (χ3n) is 1.85. The van der Waals surface area contributed by atoms with Crippen LogP contribution in [0.5, 0.6) is 0 Å². The van der Waals surface area contributed by atoms with Crippen LogP contribution in [0.25, 0.3) is 0 Å². The van der Waals surface area contributed by atoms with Gasteiger partial charge in [-0.1, -0.05) is 22.0 Å². The Morgan fingerprint density at radius 3 is 2.47 bits per heavy atom. The summed E-state index contributed by atoms with van der Waals surface area (Å²) in [5, 5.41) is -0.549. The maximum atomic E-state index is 11.1. The summed E-state index contributed by atoms with van der Waals surface area (Å²) in [5.74, 6) is -0.0229. The average Bonchev–Trinajstić information content (AvgIpc) is 2.16. The van der Waals surface area contributed by atoms with E-state index in [-0.39, 0.29) is 5.78 Å². The molecule has 0 bridgehead atoms. The Balaban J connectivity index is 3.18. The van der Waals surface area contributed by atoms with Gasteiger partial charge in [0.2, 0.25) is 0 Å². The van der Waals surface area contributed by atoms with E-state index >= 15 is 0 Å². The van der Waals surface area contributed by atoms with Gasteiger partial charge in [-0.25, -0.2) is 0 Å². The summed E-state index contributed by atoms with van der Waals surface area (Å²) in [6, 6.07) is 5.05. The molecule has 0 aliphatic carbocycles. The van der Waals surface area contributed by atoms with E-state index < -0.39 is 10.1 Å². The topological polar surface area (TPSA) is 34.1 Å². The van der Waals surface area contributed by atoms with E-state index in [1.807, 2.05) is 0 Å². The van der Waals surface area contributed by atoms with E-state index in [1.54, 1.807) is 18.2 Å². The summed E-state index contributed by atoms with van der Waals surface area (Å²) in [7, 11) is 0. The number of carbonyl (C=O) groups is 2. The number of halogens is 3. The maximum absolute atomic E-state index is 11.1. The van der Waals surface area contributed by atoms with Crippen LogP contribution < -0.4 is 0 Å². The van der Waals surface area contributed by atoms with Crippen LogP contribution in [0.4, 0.5) is 0 Å².